The molecule has 26 heavy (non-hydrogen) atoms. The van der Waals surface area contributed by atoms with E-state index in [-0.39, 0.29) is 0 Å². The van der Waals surface area contributed by atoms with Gasteiger partial charge in [-0.3, -0.25) is 0 Å². The molecule has 0 heterocycles. The fourth-order valence-electron chi connectivity index (χ4n) is 2.56. The molecule has 2 rings (SSSR count). The summed E-state index contributed by atoms with van der Waals surface area (Å²) in [6.45, 7) is 0. The van der Waals surface area contributed by atoms with Gasteiger partial charge in [-0.1, -0.05) is 12.1 Å². The maximum Gasteiger partial charge on any atom is 0.342 e. The largest absolute Gasteiger partial charge is 0.497 e. The number of rotatable bonds is 7. The summed E-state index contributed by atoms with van der Waals surface area (Å²) in [5.41, 5.74) is 1.64. The molecular formula is C20H22O6. The highest BCUT2D eigenvalue weighted by molar-refractivity contribution is 5.98. The Bertz CT molecular complexity index is 788. The van der Waals surface area contributed by atoms with E-state index in [2.05, 4.69) is 0 Å². The van der Waals surface area contributed by atoms with Crippen LogP contribution in [0.2, 0.25) is 0 Å². The maximum absolute atomic E-state index is 12.2. The zero-order valence-electron chi connectivity index (χ0n) is 15.5. The van der Waals surface area contributed by atoms with Gasteiger partial charge in [-0.05, 0) is 29.8 Å². The molecule has 0 aromatic heterocycles. The molecular weight excluding hydrogens is 336 g/mol. The molecule has 2 aromatic carbocycles. The first kappa shape index (κ1) is 19.2. The summed E-state index contributed by atoms with van der Waals surface area (Å²) in [6.07, 6.45) is 3.57. The Kier molecular flexibility index (Phi) is 6.49. The van der Waals surface area contributed by atoms with E-state index in [1.807, 2.05) is 18.2 Å². The van der Waals surface area contributed by atoms with Gasteiger partial charge >= 0.3 is 5.97 Å². The molecule has 0 atom stereocenters. The van der Waals surface area contributed by atoms with Crippen molar-refractivity contribution < 1.29 is 28.5 Å². The Labute approximate surface area is 152 Å². The summed E-state index contributed by atoms with van der Waals surface area (Å²) in [4.78, 5) is 12.2. The molecule has 0 unspecified atom stereocenters. The summed E-state index contributed by atoms with van der Waals surface area (Å²) >= 11 is 0. The highest BCUT2D eigenvalue weighted by Gasteiger charge is 2.19. The quantitative estimate of drug-likeness (QED) is 0.556. The van der Waals surface area contributed by atoms with E-state index in [4.69, 9.17) is 23.7 Å². The second kappa shape index (κ2) is 8.80. The van der Waals surface area contributed by atoms with Crippen LogP contribution in [0.3, 0.4) is 0 Å². The Morgan fingerprint density at radius 1 is 0.808 bits per heavy atom. The van der Waals surface area contributed by atoms with Crippen molar-refractivity contribution >= 4 is 18.1 Å². The zero-order valence-corrected chi connectivity index (χ0v) is 15.5. The molecule has 0 fully saturated rings. The van der Waals surface area contributed by atoms with Crippen LogP contribution in [0.15, 0.2) is 30.3 Å². The summed E-state index contributed by atoms with van der Waals surface area (Å²) in [7, 11) is 7.52. The third-order valence-corrected chi connectivity index (χ3v) is 3.85. The van der Waals surface area contributed by atoms with Gasteiger partial charge in [0.25, 0.3) is 0 Å². The topological polar surface area (TPSA) is 63.2 Å². The number of carbonyl (C=O) groups is 1. The summed E-state index contributed by atoms with van der Waals surface area (Å²) in [6, 6.07) is 8.86. The molecule has 0 amide bonds. The van der Waals surface area contributed by atoms with Crippen LogP contribution in [0, 0.1) is 0 Å². The smallest absolute Gasteiger partial charge is 0.342 e. The first-order valence-electron chi connectivity index (χ1n) is 7.83. The average Bonchev–Trinajstić information content (AvgIpc) is 2.70. The molecule has 138 valence electrons. The standard InChI is InChI=1S/C20H22O6/c1-22-14-11-13(19(20(21)26-5)18(12-14)25-4)9-10-15-16(23-2)7-6-8-17(15)24-3/h6-12H,1-5H3. The lowest BCUT2D eigenvalue weighted by atomic mass is 10.0. The minimum atomic E-state index is -0.504. The van der Waals surface area contributed by atoms with Gasteiger partial charge in [-0.15, -0.1) is 0 Å². The number of benzene rings is 2. The molecule has 6 nitrogen and oxygen atoms in total. The van der Waals surface area contributed by atoms with Crippen molar-refractivity contribution in [3.63, 3.8) is 0 Å². The lowest BCUT2D eigenvalue weighted by molar-refractivity contribution is 0.0597. The predicted molar refractivity (Wildman–Crippen MR) is 99.4 cm³/mol. The minimum absolute atomic E-state index is 0.306. The van der Waals surface area contributed by atoms with E-state index in [9.17, 15) is 4.79 Å². The van der Waals surface area contributed by atoms with Gasteiger partial charge in [0, 0.05) is 6.07 Å². The second-order valence-corrected chi connectivity index (χ2v) is 5.20. The van der Waals surface area contributed by atoms with Crippen molar-refractivity contribution in [3.05, 3.63) is 47.0 Å². The SMILES string of the molecule is COC(=O)c1c(C=Cc2c(OC)cccc2OC)cc(OC)cc1OC. The molecule has 0 bridgehead atoms. The highest BCUT2D eigenvalue weighted by Crippen LogP contribution is 2.33. The Morgan fingerprint density at radius 2 is 1.42 bits per heavy atom. The van der Waals surface area contributed by atoms with Crippen molar-refractivity contribution in [1.82, 2.24) is 0 Å². The van der Waals surface area contributed by atoms with Crippen molar-refractivity contribution in [2.45, 2.75) is 0 Å². The van der Waals surface area contributed by atoms with Gasteiger partial charge in [0.1, 0.15) is 28.6 Å². The van der Waals surface area contributed by atoms with Crippen LogP contribution in [-0.4, -0.2) is 41.5 Å². The average molecular weight is 358 g/mol. The van der Waals surface area contributed by atoms with Crippen molar-refractivity contribution in [2.75, 3.05) is 35.5 Å². The van der Waals surface area contributed by atoms with Gasteiger partial charge in [-0.2, -0.15) is 0 Å². The third kappa shape index (κ3) is 3.91. The molecule has 0 aliphatic rings. The van der Waals surface area contributed by atoms with Crippen LogP contribution in [-0.2, 0) is 4.74 Å². The van der Waals surface area contributed by atoms with Gasteiger partial charge in [-0.25, -0.2) is 4.79 Å². The lowest BCUT2D eigenvalue weighted by Crippen LogP contribution is -2.07. The monoisotopic (exact) mass is 358 g/mol. The predicted octanol–water partition coefficient (Wildman–Crippen LogP) is 3.68. The minimum Gasteiger partial charge on any atom is -0.497 e. The molecule has 0 aliphatic carbocycles. The van der Waals surface area contributed by atoms with Gasteiger partial charge in [0.2, 0.25) is 0 Å². The van der Waals surface area contributed by atoms with Crippen LogP contribution in [0.4, 0.5) is 0 Å². The van der Waals surface area contributed by atoms with Crippen molar-refractivity contribution in [1.29, 1.82) is 0 Å². The molecule has 6 heteroatoms. The van der Waals surface area contributed by atoms with Gasteiger partial charge in [0.15, 0.2) is 0 Å². The number of ether oxygens (including phenoxy) is 5. The summed E-state index contributed by atoms with van der Waals surface area (Å²) in [5.74, 6) is 1.71. The summed E-state index contributed by atoms with van der Waals surface area (Å²) in [5, 5.41) is 0. The van der Waals surface area contributed by atoms with E-state index < -0.39 is 5.97 Å². The van der Waals surface area contributed by atoms with Crippen LogP contribution >= 0.6 is 0 Å². The van der Waals surface area contributed by atoms with E-state index >= 15 is 0 Å². The number of esters is 1. The number of hydrogen-bond donors (Lipinski definition) is 0. The molecule has 0 aliphatic heterocycles. The molecule has 0 N–H and O–H groups in total. The maximum atomic E-state index is 12.2. The fraction of sp³-hybridized carbons (Fsp3) is 0.250. The van der Waals surface area contributed by atoms with Crippen LogP contribution in [0.5, 0.6) is 23.0 Å². The molecule has 0 saturated heterocycles. The Balaban J connectivity index is 2.62. The third-order valence-electron chi connectivity index (χ3n) is 3.85. The summed E-state index contributed by atoms with van der Waals surface area (Å²) < 4.78 is 26.3. The van der Waals surface area contributed by atoms with E-state index in [1.165, 1.54) is 14.2 Å². The highest BCUT2D eigenvalue weighted by atomic mass is 16.5. The number of hydrogen-bond acceptors (Lipinski definition) is 6. The zero-order chi connectivity index (χ0) is 19.1. The Morgan fingerprint density at radius 3 is 1.92 bits per heavy atom. The van der Waals surface area contributed by atoms with Gasteiger partial charge < -0.3 is 23.7 Å². The number of carbonyl (C=O) groups excluding carboxylic acids is 1. The van der Waals surface area contributed by atoms with E-state index in [0.717, 1.165) is 5.56 Å². The van der Waals surface area contributed by atoms with E-state index in [0.29, 0.717) is 34.1 Å². The van der Waals surface area contributed by atoms with Crippen molar-refractivity contribution in [3.8, 4) is 23.0 Å². The normalized spacial score (nSPS) is 10.5. The second-order valence-electron chi connectivity index (χ2n) is 5.20. The molecule has 0 saturated carbocycles. The fourth-order valence-corrected chi connectivity index (χ4v) is 2.56. The Hall–Kier alpha value is -3.15. The first-order chi connectivity index (χ1) is 12.6. The molecule has 0 radical (unpaired) electrons. The van der Waals surface area contributed by atoms with Crippen molar-refractivity contribution in [2.24, 2.45) is 0 Å². The van der Waals surface area contributed by atoms with Crippen LogP contribution < -0.4 is 18.9 Å². The lowest BCUT2D eigenvalue weighted by Gasteiger charge is -2.13. The molecule has 0 spiro atoms. The van der Waals surface area contributed by atoms with Crippen LogP contribution in [0.25, 0.3) is 12.2 Å². The van der Waals surface area contributed by atoms with Crippen LogP contribution in [0.1, 0.15) is 21.5 Å². The first-order valence-corrected chi connectivity index (χ1v) is 7.83. The number of methoxy groups -OCH3 is 5. The van der Waals surface area contributed by atoms with Gasteiger partial charge in [0.05, 0.1) is 41.1 Å². The molecule has 2 aromatic rings. The van der Waals surface area contributed by atoms with E-state index in [1.54, 1.807) is 45.6 Å².